The van der Waals surface area contributed by atoms with Crippen molar-refractivity contribution in [1.82, 2.24) is 0 Å². The van der Waals surface area contributed by atoms with Gasteiger partial charge in [0.15, 0.2) is 0 Å². The Kier molecular flexibility index (Phi) is 5.73. The van der Waals surface area contributed by atoms with Gasteiger partial charge >= 0.3 is 157 Å². The van der Waals surface area contributed by atoms with Crippen molar-refractivity contribution in [1.29, 1.82) is 0 Å². The van der Waals surface area contributed by atoms with Gasteiger partial charge in [0, 0.05) is 0 Å². The van der Waals surface area contributed by atoms with Crippen molar-refractivity contribution >= 4 is 11.1 Å². The van der Waals surface area contributed by atoms with E-state index in [4.69, 9.17) is 0 Å². The first-order chi connectivity index (χ1) is 12.1. The molecule has 1 saturated heterocycles. The summed E-state index contributed by atoms with van der Waals surface area (Å²) in [6, 6.07) is 18.3. The van der Waals surface area contributed by atoms with E-state index in [1.807, 2.05) is 6.56 Å². The van der Waals surface area contributed by atoms with E-state index in [-0.39, 0.29) is 24.8 Å². The standard InChI is InChI=1S/2C11H11.C2H4.2ClH.Zr/c2*1-8-7-9(2)11-6-4-3-5-10(8)11;1-2;;;/h2*3-6,8H,1-2H3;1-2H2;2*1H;/q;;;;;+2/p-2. The first-order valence-corrected chi connectivity index (χ1v) is 15.6. The van der Waals surface area contributed by atoms with Crippen LogP contribution in [0.25, 0.3) is 11.1 Å². The summed E-state index contributed by atoms with van der Waals surface area (Å²) in [5, 5.41) is 0. The van der Waals surface area contributed by atoms with Crippen LogP contribution in [-0.2, 0) is 20.3 Å². The Morgan fingerprint density at radius 2 is 1.04 bits per heavy atom. The molecule has 2 atom stereocenters. The number of hydrogen-bond donors (Lipinski definition) is 0. The summed E-state index contributed by atoms with van der Waals surface area (Å²) in [5.74, 6) is 1.29. The Morgan fingerprint density at radius 1 is 0.667 bits per heavy atom. The maximum absolute atomic E-state index is 2.48. The van der Waals surface area contributed by atoms with Gasteiger partial charge in [-0.3, -0.25) is 0 Å². The molecular weight excluding hydrogens is 450 g/mol. The first kappa shape index (κ1) is 21.1. The molecule has 0 radical (unpaired) electrons. The van der Waals surface area contributed by atoms with E-state index in [2.05, 4.69) is 76.2 Å². The number of fused-ring (bicyclic) bond motifs is 2. The SMILES string of the molecule is CC1=[C]([Zr+2]2([C]3=C(C)c4ccccc4C3C)[CH2][CH2]2)C(C)c2ccccc21.[Cl-].[Cl-]. The summed E-state index contributed by atoms with van der Waals surface area (Å²) < 4.78 is 6.91. The van der Waals surface area contributed by atoms with Gasteiger partial charge < -0.3 is 24.8 Å². The first-order valence-electron chi connectivity index (χ1n) is 9.67. The summed E-state index contributed by atoms with van der Waals surface area (Å²) in [7, 11) is 0. The summed E-state index contributed by atoms with van der Waals surface area (Å²) in [6.07, 6.45) is 0. The van der Waals surface area contributed by atoms with Crippen molar-refractivity contribution in [2.24, 2.45) is 0 Å². The molecule has 0 N–H and O–H groups in total. The van der Waals surface area contributed by atoms with Crippen LogP contribution in [-0.4, -0.2) is 0 Å². The second-order valence-electron chi connectivity index (χ2n) is 8.28. The van der Waals surface area contributed by atoms with Crippen molar-refractivity contribution in [3.05, 3.63) is 77.3 Å². The van der Waals surface area contributed by atoms with E-state index in [1.54, 1.807) is 22.3 Å². The van der Waals surface area contributed by atoms with Crippen molar-refractivity contribution < 1.29 is 45.1 Å². The molecule has 0 nitrogen and oxygen atoms in total. The van der Waals surface area contributed by atoms with Crippen molar-refractivity contribution in [2.45, 2.75) is 47.8 Å². The minimum atomic E-state index is -2.39. The van der Waals surface area contributed by atoms with Crippen molar-refractivity contribution in [2.75, 3.05) is 0 Å². The van der Waals surface area contributed by atoms with Crippen LogP contribution in [0.15, 0.2) is 55.1 Å². The molecule has 140 valence electrons. The average Bonchev–Trinajstić information content (AvgIpc) is 3.31. The van der Waals surface area contributed by atoms with Gasteiger partial charge in [-0.2, -0.15) is 0 Å². The molecule has 3 heteroatoms. The van der Waals surface area contributed by atoms with Gasteiger partial charge in [-0.1, -0.05) is 0 Å². The van der Waals surface area contributed by atoms with Gasteiger partial charge in [-0.05, 0) is 0 Å². The van der Waals surface area contributed by atoms with Crippen molar-refractivity contribution in [3.63, 3.8) is 0 Å². The fourth-order valence-electron chi connectivity index (χ4n) is 6.04. The molecule has 2 unspecified atom stereocenters. The fourth-order valence-corrected chi connectivity index (χ4v) is 22.7. The molecule has 0 amide bonds. The van der Waals surface area contributed by atoms with Crippen molar-refractivity contribution in [3.8, 4) is 0 Å². The number of benzene rings is 2. The predicted octanol–water partition coefficient (Wildman–Crippen LogP) is 1.10. The van der Waals surface area contributed by atoms with Crippen LogP contribution in [0.3, 0.4) is 0 Å². The predicted molar refractivity (Wildman–Crippen MR) is 105 cm³/mol. The normalized spacial score (nSPS) is 23.0. The van der Waals surface area contributed by atoms with E-state index in [0.29, 0.717) is 11.8 Å². The van der Waals surface area contributed by atoms with Crippen LogP contribution in [0, 0.1) is 0 Å². The quantitative estimate of drug-likeness (QED) is 0.609. The zero-order chi connectivity index (χ0) is 17.3. The van der Waals surface area contributed by atoms with E-state index < -0.39 is 20.3 Å². The van der Waals surface area contributed by atoms with E-state index in [0.717, 1.165) is 0 Å². The summed E-state index contributed by atoms with van der Waals surface area (Å²) in [6.45, 7) is 9.78. The van der Waals surface area contributed by atoms with Gasteiger partial charge in [0.2, 0.25) is 0 Å². The minimum absolute atomic E-state index is 0. The zero-order valence-electron chi connectivity index (χ0n) is 16.4. The van der Waals surface area contributed by atoms with Crippen LogP contribution < -0.4 is 24.8 Å². The molecule has 27 heavy (non-hydrogen) atoms. The third-order valence-corrected chi connectivity index (χ3v) is 19.8. The maximum Gasteiger partial charge on any atom is -1.00 e. The fraction of sp³-hybridized carbons (Fsp3) is 0.333. The smallest absolute Gasteiger partial charge is 1.00 e. The second kappa shape index (κ2) is 7.33. The maximum atomic E-state index is 2.48. The summed E-state index contributed by atoms with van der Waals surface area (Å²) in [5.41, 5.74) is 9.52. The molecule has 2 aromatic rings. The summed E-state index contributed by atoms with van der Waals surface area (Å²) in [4.78, 5) is 0. The Hall–Kier alpha value is -0.617. The topological polar surface area (TPSA) is 0 Å². The molecule has 0 spiro atoms. The van der Waals surface area contributed by atoms with Gasteiger partial charge in [-0.25, -0.2) is 0 Å². The molecule has 0 saturated carbocycles. The molecule has 3 aliphatic rings. The van der Waals surface area contributed by atoms with E-state index >= 15 is 0 Å². The average molecular weight is 477 g/mol. The van der Waals surface area contributed by atoms with Crippen LogP contribution in [0.2, 0.25) is 8.26 Å². The molecule has 2 aromatic carbocycles. The Labute approximate surface area is 180 Å². The molecule has 1 aliphatic heterocycles. The second-order valence-corrected chi connectivity index (χ2v) is 18.7. The molecule has 0 aromatic heterocycles. The molecule has 5 rings (SSSR count). The van der Waals surface area contributed by atoms with E-state index in [9.17, 15) is 0 Å². The van der Waals surface area contributed by atoms with Crippen LogP contribution in [0.4, 0.5) is 0 Å². The largest absolute Gasteiger partial charge is 1.00 e. The Morgan fingerprint density at radius 3 is 1.37 bits per heavy atom. The van der Waals surface area contributed by atoms with Gasteiger partial charge in [-0.15, -0.1) is 0 Å². The third kappa shape index (κ3) is 2.80. The number of hydrogen-bond acceptors (Lipinski definition) is 0. The Bertz CT molecular complexity index is 890. The number of allylic oxidation sites excluding steroid dienone is 4. The monoisotopic (exact) mass is 474 g/mol. The van der Waals surface area contributed by atoms with Crippen LogP contribution in [0.5, 0.6) is 0 Å². The van der Waals surface area contributed by atoms with Crippen LogP contribution in [0.1, 0.15) is 61.8 Å². The molecule has 1 fully saturated rings. The van der Waals surface area contributed by atoms with Gasteiger partial charge in [0.25, 0.3) is 0 Å². The van der Waals surface area contributed by atoms with Gasteiger partial charge in [0.05, 0.1) is 0 Å². The molecule has 0 bridgehead atoms. The molecular formula is C24H26Cl2Zr. The molecule has 1 heterocycles. The van der Waals surface area contributed by atoms with Crippen LogP contribution >= 0.6 is 0 Å². The Balaban J connectivity index is 0.00000105. The van der Waals surface area contributed by atoms with E-state index in [1.165, 1.54) is 19.4 Å². The molecule has 2 aliphatic carbocycles. The number of rotatable bonds is 2. The minimum Gasteiger partial charge on any atom is -1.00 e. The number of halogens is 2. The third-order valence-electron chi connectivity index (χ3n) is 7.12. The van der Waals surface area contributed by atoms with Gasteiger partial charge in [0.1, 0.15) is 0 Å². The zero-order valence-corrected chi connectivity index (χ0v) is 20.4. The summed E-state index contributed by atoms with van der Waals surface area (Å²) >= 11 is -2.39.